The number of likely N-dealkylation sites (tertiary alicyclic amines) is 1. The van der Waals surface area contributed by atoms with Crippen LogP contribution < -0.4 is 0 Å². The summed E-state index contributed by atoms with van der Waals surface area (Å²) in [6.45, 7) is 13.4. The zero-order chi connectivity index (χ0) is 18.5. The molecule has 1 aliphatic heterocycles. The molecule has 6 heteroatoms. The number of hydrogen-bond acceptors (Lipinski definition) is 5. The zero-order valence-corrected chi connectivity index (χ0v) is 15.4. The van der Waals surface area contributed by atoms with E-state index in [2.05, 4.69) is 13.2 Å². The summed E-state index contributed by atoms with van der Waals surface area (Å²) < 4.78 is 15.9. The Labute approximate surface area is 144 Å². The number of carbonyl (C=O) groups excluding carboxylic acids is 2. The Hall–Kier alpha value is -1.82. The quantitative estimate of drug-likeness (QED) is 0.550. The van der Waals surface area contributed by atoms with Crippen molar-refractivity contribution < 1.29 is 23.8 Å². The van der Waals surface area contributed by atoms with Gasteiger partial charge in [0.15, 0.2) is 5.54 Å². The van der Waals surface area contributed by atoms with Crippen LogP contribution in [0.4, 0.5) is 4.79 Å². The topological polar surface area (TPSA) is 65.1 Å². The van der Waals surface area contributed by atoms with Gasteiger partial charge >= 0.3 is 12.1 Å². The Balaban J connectivity index is 3.25. The van der Waals surface area contributed by atoms with Gasteiger partial charge in [0.05, 0.1) is 13.2 Å². The summed E-state index contributed by atoms with van der Waals surface area (Å²) in [5, 5.41) is 0. The monoisotopic (exact) mass is 339 g/mol. The molecular weight excluding hydrogens is 310 g/mol. The first-order chi connectivity index (χ1) is 11.1. The van der Waals surface area contributed by atoms with Crippen LogP contribution in [0.1, 0.15) is 40.0 Å². The Morgan fingerprint density at radius 2 is 2.00 bits per heavy atom. The fourth-order valence-electron chi connectivity index (χ4n) is 2.94. The fourth-order valence-corrected chi connectivity index (χ4v) is 2.94. The molecule has 136 valence electrons. The van der Waals surface area contributed by atoms with Crippen molar-refractivity contribution in [1.29, 1.82) is 0 Å². The molecule has 0 spiro atoms. The maximum absolute atomic E-state index is 12.7. The lowest BCUT2D eigenvalue weighted by atomic mass is 9.84. The van der Waals surface area contributed by atoms with Crippen LogP contribution >= 0.6 is 0 Å². The summed E-state index contributed by atoms with van der Waals surface area (Å²) in [4.78, 5) is 26.8. The van der Waals surface area contributed by atoms with Crippen molar-refractivity contribution in [1.82, 2.24) is 4.90 Å². The average molecular weight is 339 g/mol. The molecule has 0 aromatic carbocycles. The smallest absolute Gasteiger partial charge is 0.411 e. The molecule has 1 amide bonds. The van der Waals surface area contributed by atoms with Crippen LogP contribution in [0.2, 0.25) is 0 Å². The van der Waals surface area contributed by atoms with E-state index in [-0.39, 0.29) is 12.5 Å². The SMILES string of the molecule is C=CC[C@@H](C[C@@]1(C(=O)OC)C(=C)CCN1C(=O)OC(C)(C)C)OC. The molecule has 0 aliphatic carbocycles. The summed E-state index contributed by atoms with van der Waals surface area (Å²) in [5.74, 6) is -0.526. The van der Waals surface area contributed by atoms with E-state index in [0.717, 1.165) is 0 Å². The first-order valence-corrected chi connectivity index (χ1v) is 8.03. The predicted octanol–water partition coefficient (Wildman–Crippen LogP) is 3.08. The third kappa shape index (κ3) is 4.17. The van der Waals surface area contributed by atoms with Gasteiger partial charge in [0.2, 0.25) is 0 Å². The van der Waals surface area contributed by atoms with Gasteiger partial charge in [-0.15, -0.1) is 6.58 Å². The highest BCUT2D eigenvalue weighted by Crippen LogP contribution is 2.40. The van der Waals surface area contributed by atoms with Crippen molar-refractivity contribution in [2.24, 2.45) is 0 Å². The second-order valence-corrected chi connectivity index (χ2v) is 6.92. The number of amides is 1. The van der Waals surface area contributed by atoms with Gasteiger partial charge in [0.25, 0.3) is 0 Å². The number of methoxy groups -OCH3 is 2. The largest absolute Gasteiger partial charge is 0.467 e. The van der Waals surface area contributed by atoms with E-state index in [0.29, 0.717) is 25.0 Å². The Bertz CT molecular complexity index is 508. The lowest BCUT2D eigenvalue weighted by molar-refractivity contribution is -0.153. The first-order valence-electron chi connectivity index (χ1n) is 8.03. The third-order valence-corrected chi connectivity index (χ3v) is 4.11. The second kappa shape index (κ2) is 7.83. The summed E-state index contributed by atoms with van der Waals surface area (Å²) in [5.41, 5.74) is -1.31. The third-order valence-electron chi connectivity index (χ3n) is 4.11. The second-order valence-electron chi connectivity index (χ2n) is 6.92. The molecule has 1 fully saturated rings. The van der Waals surface area contributed by atoms with E-state index < -0.39 is 23.2 Å². The lowest BCUT2D eigenvalue weighted by Crippen LogP contribution is -2.57. The van der Waals surface area contributed by atoms with Crippen LogP contribution in [-0.4, -0.2) is 55.0 Å². The Morgan fingerprint density at radius 1 is 1.38 bits per heavy atom. The standard InChI is InChI=1S/C18H29NO5/c1-8-9-14(22-6)12-18(15(20)23-7)13(2)10-11-19(18)16(21)24-17(3,4)5/h8,14H,1-2,9-12H2,3-7H3/t14-,18-/m0/s1. The van der Waals surface area contributed by atoms with Crippen molar-refractivity contribution in [2.75, 3.05) is 20.8 Å². The van der Waals surface area contributed by atoms with Crippen molar-refractivity contribution in [3.63, 3.8) is 0 Å². The molecule has 1 heterocycles. The molecule has 1 aliphatic rings. The van der Waals surface area contributed by atoms with Gasteiger partial charge < -0.3 is 14.2 Å². The minimum absolute atomic E-state index is 0.250. The fraction of sp³-hybridized carbons (Fsp3) is 0.667. The molecule has 0 saturated carbocycles. The Morgan fingerprint density at radius 3 is 2.46 bits per heavy atom. The van der Waals surface area contributed by atoms with Crippen LogP contribution in [0.3, 0.4) is 0 Å². The first kappa shape index (κ1) is 20.2. The average Bonchev–Trinajstić information content (AvgIpc) is 2.82. The molecule has 0 N–H and O–H groups in total. The minimum atomic E-state index is -1.28. The van der Waals surface area contributed by atoms with Crippen molar-refractivity contribution in [3.8, 4) is 0 Å². The highest BCUT2D eigenvalue weighted by Gasteiger charge is 2.55. The minimum Gasteiger partial charge on any atom is -0.467 e. The van der Waals surface area contributed by atoms with Crippen LogP contribution in [0.15, 0.2) is 24.8 Å². The molecule has 0 unspecified atom stereocenters. The van der Waals surface area contributed by atoms with Gasteiger partial charge in [-0.25, -0.2) is 9.59 Å². The number of nitrogens with zero attached hydrogens (tertiary/aromatic N) is 1. The maximum atomic E-state index is 12.7. The van der Waals surface area contributed by atoms with E-state index in [1.165, 1.54) is 12.0 Å². The van der Waals surface area contributed by atoms with Gasteiger partial charge in [-0.3, -0.25) is 4.90 Å². The zero-order valence-electron chi connectivity index (χ0n) is 15.4. The van der Waals surface area contributed by atoms with Crippen LogP contribution in [0.5, 0.6) is 0 Å². The van der Waals surface area contributed by atoms with Gasteiger partial charge in [-0.05, 0) is 39.2 Å². The van der Waals surface area contributed by atoms with Gasteiger partial charge in [0.1, 0.15) is 5.60 Å². The summed E-state index contributed by atoms with van der Waals surface area (Å²) in [7, 11) is 2.87. The van der Waals surface area contributed by atoms with Gasteiger partial charge in [-0.2, -0.15) is 0 Å². The molecule has 6 nitrogen and oxygen atoms in total. The van der Waals surface area contributed by atoms with E-state index in [1.54, 1.807) is 34.0 Å². The normalized spacial score (nSPS) is 22.2. The number of ether oxygens (including phenoxy) is 3. The Kier molecular flexibility index (Phi) is 6.60. The molecule has 0 aromatic heterocycles. The summed E-state index contributed by atoms with van der Waals surface area (Å²) >= 11 is 0. The van der Waals surface area contributed by atoms with Crippen molar-refractivity contribution >= 4 is 12.1 Å². The van der Waals surface area contributed by atoms with Crippen molar-refractivity contribution in [3.05, 3.63) is 24.8 Å². The predicted molar refractivity (Wildman–Crippen MR) is 91.7 cm³/mol. The van der Waals surface area contributed by atoms with Crippen LogP contribution in [-0.2, 0) is 19.0 Å². The molecular formula is C18H29NO5. The molecule has 24 heavy (non-hydrogen) atoms. The summed E-state index contributed by atoms with van der Waals surface area (Å²) in [6.07, 6.45) is 2.18. The van der Waals surface area contributed by atoms with Crippen LogP contribution in [0.25, 0.3) is 0 Å². The molecule has 1 saturated heterocycles. The van der Waals surface area contributed by atoms with Crippen molar-refractivity contribution in [2.45, 2.75) is 57.3 Å². The maximum Gasteiger partial charge on any atom is 0.411 e. The highest BCUT2D eigenvalue weighted by molar-refractivity contribution is 5.90. The van der Waals surface area contributed by atoms with E-state index in [4.69, 9.17) is 14.2 Å². The van der Waals surface area contributed by atoms with E-state index in [1.807, 2.05) is 0 Å². The lowest BCUT2D eigenvalue weighted by Gasteiger charge is -2.39. The van der Waals surface area contributed by atoms with E-state index in [9.17, 15) is 9.59 Å². The van der Waals surface area contributed by atoms with Gasteiger partial charge in [0, 0.05) is 20.1 Å². The molecule has 0 bridgehead atoms. The van der Waals surface area contributed by atoms with Crippen LogP contribution in [0, 0.1) is 0 Å². The van der Waals surface area contributed by atoms with Gasteiger partial charge in [-0.1, -0.05) is 12.7 Å². The molecule has 2 atom stereocenters. The van der Waals surface area contributed by atoms with E-state index >= 15 is 0 Å². The number of rotatable bonds is 6. The summed E-state index contributed by atoms with van der Waals surface area (Å²) in [6, 6.07) is 0. The molecule has 1 rings (SSSR count). The molecule has 0 aromatic rings. The number of hydrogen-bond donors (Lipinski definition) is 0. The molecule has 0 radical (unpaired) electrons. The number of esters is 1. The number of carbonyl (C=O) groups is 2. The highest BCUT2D eigenvalue weighted by atomic mass is 16.6.